The number of likely N-dealkylation sites (N-methyl/N-ethyl adjacent to an activating group) is 1. The number of ether oxygens (including phenoxy) is 1. The molecule has 0 bridgehead atoms. The van der Waals surface area contributed by atoms with Crippen LogP contribution in [0.25, 0.3) is 11.1 Å². The summed E-state index contributed by atoms with van der Waals surface area (Å²) >= 11 is 0. The number of hydrogen-bond donors (Lipinski definition) is 1. The zero-order chi connectivity index (χ0) is 26.9. The lowest BCUT2D eigenvalue weighted by Gasteiger charge is -2.32. The lowest BCUT2D eigenvalue weighted by atomic mass is 10.1. The average Bonchev–Trinajstić information content (AvgIpc) is 2.94. The number of aromatic nitrogens is 1. The number of rotatable bonds is 9. The first-order chi connectivity index (χ1) is 18.4. The zero-order valence-corrected chi connectivity index (χ0v) is 22.8. The van der Waals surface area contributed by atoms with Crippen LogP contribution in [0.4, 0.5) is 5.69 Å². The first-order valence-electron chi connectivity index (χ1n) is 13.4. The van der Waals surface area contributed by atoms with Crippen LogP contribution in [0.5, 0.6) is 5.88 Å². The molecule has 9 heteroatoms. The number of likely N-dealkylation sites (tertiary alicyclic amines) is 1. The Bertz CT molecular complexity index is 1070. The summed E-state index contributed by atoms with van der Waals surface area (Å²) < 4.78 is 6.08. The molecule has 4 rings (SSSR count). The monoisotopic (exact) mass is 520 g/mol. The second-order valence-electron chi connectivity index (χ2n) is 10.2. The van der Waals surface area contributed by atoms with Gasteiger partial charge < -0.3 is 24.8 Å². The van der Waals surface area contributed by atoms with E-state index in [1.54, 1.807) is 4.90 Å². The normalized spacial score (nSPS) is 17.5. The third-order valence-electron chi connectivity index (χ3n) is 7.19. The Kier molecular flexibility index (Phi) is 9.73. The highest BCUT2D eigenvalue weighted by molar-refractivity contribution is 5.96. The topological polar surface area (TPSA) is 81.2 Å². The van der Waals surface area contributed by atoms with Gasteiger partial charge in [-0.25, -0.2) is 4.98 Å². The Morgan fingerprint density at radius 2 is 1.66 bits per heavy atom. The fourth-order valence-corrected chi connectivity index (χ4v) is 4.66. The van der Waals surface area contributed by atoms with Gasteiger partial charge in [0.2, 0.25) is 17.7 Å². The number of carbonyl (C=O) groups excluding carboxylic acids is 2. The lowest BCUT2D eigenvalue weighted by Crippen LogP contribution is -2.46. The number of piperazine rings is 1. The van der Waals surface area contributed by atoms with Crippen molar-refractivity contribution in [1.29, 1.82) is 0 Å². The van der Waals surface area contributed by atoms with Crippen LogP contribution in [0.2, 0.25) is 0 Å². The number of hydrogen-bond acceptors (Lipinski definition) is 7. The highest BCUT2D eigenvalue weighted by Gasteiger charge is 2.23. The molecular weight excluding hydrogens is 480 g/mol. The number of pyridine rings is 1. The molecule has 2 amide bonds. The number of piperidine rings is 1. The van der Waals surface area contributed by atoms with Gasteiger partial charge in [-0.1, -0.05) is 12.1 Å². The fourth-order valence-electron chi connectivity index (χ4n) is 4.66. The average molecular weight is 521 g/mol. The van der Waals surface area contributed by atoms with Crippen molar-refractivity contribution in [2.45, 2.75) is 18.9 Å². The van der Waals surface area contributed by atoms with Gasteiger partial charge in [-0.3, -0.25) is 14.5 Å². The van der Waals surface area contributed by atoms with Crippen LogP contribution >= 0.6 is 0 Å². The number of carbonyl (C=O) groups is 2. The number of anilines is 1. The molecule has 1 aromatic carbocycles. The van der Waals surface area contributed by atoms with Crippen molar-refractivity contribution in [1.82, 2.24) is 25.0 Å². The van der Waals surface area contributed by atoms with Crippen molar-refractivity contribution < 1.29 is 14.3 Å². The molecule has 2 aliphatic rings. The summed E-state index contributed by atoms with van der Waals surface area (Å²) in [5.41, 5.74) is 3.30. The van der Waals surface area contributed by atoms with Gasteiger partial charge in [0.15, 0.2) is 0 Å². The largest absolute Gasteiger partial charge is 0.474 e. The molecule has 0 atom stereocenters. The summed E-state index contributed by atoms with van der Waals surface area (Å²) in [6, 6.07) is 12.3. The number of nitrogens with one attached hydrogen (secondary N) is 1. The highest BCUT2D eigenvalue weighted by atomic mass is 16.5. The van der Waals surface area contributed by atoms with Crippen LogP contribution in [-0.4, -0.2) is 111 Å². The molecule has 2 saturated heterocycles. The molecule has 2 fully saturated rings. The maximum absolute atomic E-state index is 12.5. The van der Waals surface area contributed by atoms with Crippen LogP contribution in [0, 0.1) is 0 Å². The number of nitrogens with zero attached hydrogens (tertiary/aromatic N) is 5. The molecule has 2 aromatic rings. The maximum atomic E-state index is 12.5. The van der Waals surface area contributed by atoms with Gasteiger partial charge in [0.05, 0.1) is 0 Å². The third kappa shape index (κ3) is 8.03. The summed E-state index contributed by atoms with van der Waals surface area (Å²) in [6.45, 7) is 6.75. The highest BCUT2D eigenvalue weighted by Crippen LogP contribution is 2.24. The molecule has 3 heterocycles. The van der Waals surface area contributed by atoms with Gasteiger partial charge in [0.1, 0.15) is 6.10 Å². The minimum atomic E-state index is -0.228. The molecule has 1 aromatic heterocycles. The van der Waals surface area contributed by atoms with Crippen molar-refractivity contribution >= 4 is 17.5 Å². The van der Waals surface area contributed by atoms with Gasteiger partial charge in [0, 0.05) is 115 Å². The van der Waals surface area contributed by atoms with Gasteiger partial charge in [-0.15, -0.1) is 0 Å². The van der Waals surface area contributed by atoms with E-state index in [0.29, 0.717) is 25.5 Å². The van der Waals surface area contributed by atoms with E-state index in [2.05, 4.69) is 56.3 Å². The maximum Gasteiger partial charge on any atom is 0.246 e. The van der Waals surface area contributed by atoms with Crippen LogP contribution in [0.15, 0.2) is 54.7 Å². The summed E-state index contributed by atoms with van der Waals surface area (Å²) in [5.74, 6) is 0.228. The first kappa shape index (κ1) is 27.6. The van der Waals surface area contributed by atoms with Crippen LogP contribution in [0.1, 0.15) is 12.8 Å². The minimum Gasteiger partial charge on any atom is -0.474 e. The minimum absolute atomic E-state index is 0.0126. The molecule has 0 spiro atoms. The summed E-state index contributed by atoms with van der Waals surface area (Å²) in [4.78, 5) is 37.6. The Morgan fingerprint density at radius 3 is 2.29 bits per heavy atom. The first-order valence-corrected chi connectivity index (χ1v) is 13.4. The summed E-state index contributed by atoms with van der Waals surface area (Å²) in [5, 5.41) is 2.87. The van der Waals surface area contributed by atoms with Crippen molar-refractivity contribution in [3.05, 3.63) is 54.7 Å². The molecule has 204 valence electrons. The quantitative estimate of drug-likeness (QED) is 0.507. The molecule has 9 nitrogen and oxygen atoms in total. The Balaban J connectivity index is 1.15. The predicted molar refractivity (Wildman–Crippen MR) is 150 cm³/mol. The fraction of sp³-hybridized carbons (Fsp3) is 0.483. The Labute approximate surface area is 226 Å². The van der Waals surface area contributed by atoms with Crippen molar-refractivity contribution in [2.75, 3.05) is 78.4 Å². The predicted octanol–water partition coefficient (Wildman–Crippen LogP) is 2.10. The van der Waals surface area contributed by atoms with Crippen molar-refractivity contribution in [3.63, 3.8) is 0 Å². The van der Waals surface area contributed by atoms with E-state index < -0.39 is 0 Å². The van der Waals surface area contributed by atoms with E-state index in [-0.39, 0.29) is 17.9 Å². The molecule has 0 unspecified atom stereocenters. The van der Waals surface area contributed by atoms with Gasteiger partial charge in [-0.2, -0.15) is 0 Å². The third-order valence-corrected chi connectivity index (χ3v) is 7.19. The van der Waals surface area contributed by atoms with E-state index in [1.165, 1.54) is 12.2 Å². The van der Waals surface area contributed by atoms with Crippen molar-refractivity contribution in [3.8, 4) is 17.0 Å². The van der Waals surface area contributed by atoms with E-state index in [1.807, 2.05) is 32.4 Å². The van der Waals surface area contributed by atoms with E-state index >= 15 is 0 Å². The summed E-state index contributed by atoms with van der Waals surface area (Å²) in [6.07, 6.45) is 6.02. The molecule has 38 heavy (non-hydrogen) atoms. The van der Waals surface area contributed by atoms with E-state index in [4.69, 9.17) is 4.74 Å². The van der Waals surface area contributed by atoms with Crippen LogP contribution in [-0.2, 0) is 9.59 Å². The van der Waals surface area contributed by atoms with Crippen LogP contribution in [0.3, 0.4) is 0 Å². The summed E-state index contributed by atoms with van der Waals surface area (Å²) in [7, 11) is 6.17. The SMILES string of the molecule is CN1CCN(CCNC(=O)/C=C\C(=O)N2CCC(Oc3ccc(-c4ccc(N(C)C)cc4)cn3)CC2)CC1. The van der Waals surface area contributed by atoms with Gasteiger partial charge >= 0.3 is 0 Å². The number of benzene rings is 1. The van der Waals surface area contributed by atoms with Crippen LogP contribution < -0.4 is 15.0 Å². The molecule has 1 N–H and O–H groups in total. The second kappa shape index (κ2) is 13.4. The lowest BCUT2D eigenvalue weighted by molar-refractivity contribution is -0.128. The molecule has 0 saturated carbocycles. The molecule has 2 aliphatic heterocycles. The van der Waals surface area contributed by atoms with E-state index in [0.717, 1.165) is 62.4 Å². The Hall–Kier alpha value is -3.43. The Morgan fingerprint density at radius 1 is 0.974 bits per heavy atom. The van der Waals surface area contributed by atoms with Gasteiger partial charge in [-0.05, 0) is 30.8 Å². The van der Waals surface area contributed by atoms with E-state index in [9.17, 15) is 9.59 Å². The second-order valence-corrected chi connectivity index (χ2v) is 10.2. The smallest absolute Gasteiger partial charge is 0.246 e. The molecule has 0 aliphatic carbocycles. The standard InChI is InChI=1S/C29H40N6O3/c1-32(2)25-7-4-23(5-8-25)24-6-10-28(31-22-24)38-26-12-15-35(16-13-26)29(37)11-9-27(36)30-14-17-34-20-18-33(3)19-21-34/h4-11,22,26H,12-21H2,1-3H3,(H,30,36)/b11-9-. The molecular formula is C29H40N6O3. The van der Waals surface area contributed by atoms with Gasteiger partial charge in [0.25, 0.3) is 0 Å². The van der Waals surface area contributed by atoms with Crippen molar-refractivity contribution in [2.24, 2.45) is 0 Å². The number of amides is 2. The zero-order valence-electron chi connectivity index (χ0n) is 22.8. The molecule has 0 radical (unpaired) electrons.